The Bertz CT molecular complexity index is 1300. The number of nitrogen functional groups attached to an aromatic ring is 1. The molecule has 0 spiro atoms. The summed E-state index contributed by atoms with van der Waals surface area (Å²) >= 11 is 0. The van der Waals surface area contributed by atoms with Crippen LogP contribution < -0.4 is 27.2 Å². The zero-order valence-corrected chi connectivity index (χ0v) is 22.0. The molecule has 7 N–H and O–H groups in total. The number of methoxy groups -OCH3 is 1. The number of carbonyl (C=O) groups is 2. The van der Waals surface area contributed by atoms with Gasteiger partial charge in [0.2, 0.25) is 11.9 Å². The Balaban J connectivity index is 1.44. The van der Waals surface area contributed by atoms with Crippen LogP contribution in [0.3, 0.4) is 0 Å². The second-order valence-electron chi connectivity index (χ2n) is 8.51. The number of aromatic nitrogens is 4. The van der Waals surface area contributed by atoms with E-state index in [1.165, 1.54) is 13.3 Å². The van der Waals surface area contributed by atoms with Gasteiger partial charge in [-0.05, 0) is 30.7 Å². The third-order valence-electron chi connectivity index (χ3n) is 5.46. The average molecular weight is 547 g/mol. The van der Waals surface area contributed by atoms with Gasteiger partial charge in [-0.25, -0.2) is 9.97 Å². The first-order valence-electron chi connectivity index (χ1n) is 11.6. The molecule has 0 fully saturated rings. The van der Waals surface area contributed by atoms with Crippen LogP contribution in [0.25, 0.3) is 11.2 Å². The molecule has 0 saturated heterocycles. The summed E-state index contributed by atoms with van der Waals surface area (Å²) in [5.41, 5.74) is 6.00. The number of benzene rings is 1. The van der Waals surface area contributed by atoms with Crippen LogP contribution in [0.15, 0.2) is 35.3 Å². The average Bonchev–Trinajstić information content (AvgIpc) is 2.90. The molecule has 1 aromatic carbocycles. The molecule has 2 aromatic heterocycles. The zero-order valence-electron chi connectivity index (χ0n) is 20.8. The third-order valence-corrected chi connectivity index (χ3v) is 5.63. The summed E-state index contributed by atoms with van der Waals surface area (Å²) in [6, 6.07) is 6.81. The fourth-order valence-electron chi connectivity index (χ4n) is 3.58. The lowest BCUT2D eigenvalue weighted by Crippen LogP contribution is -2.57. The summed E-state index contributed by atoms with van der Waals surface area (Å²) in [5.74, 6) is -0.589. The van der Waals surface area contributed by atoms with Crippen molar-refractivity contribution in [3.05, 3.63) is 52.1 Å². The van der Waals surface area contributed by atoms with Gasteiger partial charge in [-0.15, -0.1) is 0 Å². The molecule has 0 aliphatic rings. The molecule has 0 aliphatic heterocycles. The zero-order chi connectivity index (χ0) is 27.5. The number of aliphatic hydroxyl groups excluding tert-OH is 1. The Morgan fingerprint density at radius 3 is 2.66 bits per heavy atom. The van der Waals surface area contributed by atoms with Crippen LogP contribution >= 0.6 is 9.47 Å². The first-order valence-corrected chi connectivity index (χ1v) is 12.1. The summed E-state index contributed by atoms with van der Waals surface area (Å²) < 4.78 is 10.1. The number of amides is 2. The number of aliphatic hydroxyl groups is 1. The van der Waals surface area contributed by atoms with E-state index in [4.69, 9.17) is 15.0 Å². The van der Waals surface area contributed by atoms with Crippen LogP contribution in [0.2, 0.25) is 0 Å². The second kappa shape index (κ2) is 13.7. The number of hydrogen-bond acceptors (Lipinski definition) is 11. The SMILES string of the molecule is COCC(CO)(COP)NC(=O)CCCNC(=O)c1ccc(NCc2cnc3nc(N)[nH]c(=O)c3n2)cc1. The fraction of sp³-hybridized carbons (Fsp3) is 0.391. The Morgan fingerprint density at radius 2 is 1.97 bits per heavy atom. The number of rotatable bonds is 14. The Kier molecular flexibility index (Phi) is 10.4. The van der Waals surface area contributed by atoms with E-state index in [1.807, 2.05) is 0 Å². The minimum atomic E-state index is -1.03. The quantitative estimate of drug-likeness (QED) is 0.114. The van der Waals surface area contributed by atoms with Gasteiger partial charge in [0.1, 0.15) is 5.54 Å². The molecule has 2 unspecified atom stereocenters. The lowest BCUT2D eigenvalue weighted by molar-refractivity contribution is -0.125. The van der Waals surface area contributed by atoms with Crippen molar-refractivity contribution in [3.63, 3.8) is 0 Å². The van der Waals surface area contributed by atoms with E-state index < -0.39 is 11.1 Å². The molecule has 2 atom stereocenters. The maximum Gasteiger partial charge on any atom is 0.280 e. The van der Waals surface area contributed by atoms with Crippen molar-refractivity contribution in [2.24, 2.45) is 0 Å². The molecule has 14 nitrogen and oxygen atoms in total. The van der Waals surface area contributed by atoms with E-state index >= 15 is 0 Å². The number of nitrogens with zero attached hydrogens (tertiary/aromatic N) is 3. The van der Waals surface area contributed by atoms with Gasteiger partial charge in [0.25, 0.3) is 11.5 Å². The number of nitrogens with two attached hydrogens (primary N) is 1. The van der Waals surface area contributed by atoms with Gasteiger partial charge in [-0.3, -0.25) is 19.4 Å². The topological polar surface area (TPSA) is 206 Å². The molecule has 204 valence electrons. The van der Waals surface area contributed by atoms with Crippen molar-refractivity contribution in [3.8, 4) is 0 Å². The van der Waals surface area contributed by atoms with Crippen LogP contribution in [-0.2, 0) is 20.6 Å². The highest BCUT2D eigenvalue weighted by Crippen LogP contribution is 2.12. The Morgan fingerprint density at radius 1 is 1.21 bits per heavy atom. The maximum absolute atomic E-state index is 12.4. The number of H-pyrrole nitrogens is 1. The minimum absolute atomic E-state index is 0.0263. The first-order chi connectivity index (χ1) is 18.3. The lowest BCUT2D eigenvalue weighted by Gasteiger charge is -2.31. The number of aromatic amines is 1. The number of fused-ring (bicyclic) bond motifs is 1. The van der Waals surface area contributed by atoms with E-state index in [1.54, 1.807) is 24.3 Å². The van der Waals surface area contributed by atoms with Crippen LogP contribution in [0.5, 0.6) is 0 Å². The summed E-state index contributed by atoms with van der Waals surface area (Å²) in [6.45, 7) is 0.408. The second-order valence-corrected chi connectivity index (χ2v) is 8.84. The molecular weight excluding hydrogens is 515 g/mol. The molecule has 3 aromatic rings. The third kappa shape index (κ3) is 7.89. The van der Waals surface area contributed by atoms with Crippen molar-refractivity contribution in [1.29, 1.82) is 0 Å². The summed E-state index contributed by atoms with van der Waals surface area (Å²) in [6.07, 6.45) is 2.06. The Labute approximate surface area is 220 Å². The van der Waals surface area contributed by atoms with Gasteiger partial charge < -0.3 is 36.1 Å². The van der Waals surface area contributed by atoms with Crippen LogP contribution in [0.1, 0.15) is 28.9 Å². The normalized spacial score (nSPS) is 12.6. The van der Waals surface area contributed by atoms with Crippen molar-refractivity contribution in [1.82, 2.24) is 30.6 Å². The molecule has 0 aliphatic carbocycles. The van der Waals surface area contributed by atoms with Gasteiger partial charge in [-0.2, -0.15) is 4.98 Å². The van der Waals surface area contributed by atoms with Crippen molar-refractivity contribution in [2.45, 2.75) is 24.9 Å². The van der Waals surface area contributed by atoms with Gasteiger partial charge in [-0.1, -0.05) is 0 Å². The van der Waals surface area contributed by atoms with E-state index in [9.17, 15) is 19.5 Å². The summed E-state index contributed by atoms with van der Waals surface area (Å²) in [7, 11) is 3.55. The van der Waals surface area contributed by atoms with Crippen molar-refractivity contribution >= 4 is 44.1 Å². The number of nitrogens with one attached hydrogen (secondary N) is 4. The number of carbonyl (C=O) groups excluding carboxylic acids is 2. The largest absolute Gasteiger partial charge is 0.394 e. The summed E-state index contributed by atoms with van der Waals surface area (Å²) in [4.78, 5) is 51.4. The molecule has 0 bridgehead atoms. The minimum Gasteiger partial charge on any atom is -0.394 e. The molecule has 3 rings (SSSR count). The molecule has 0 radical (unpaired) electrons. The van der Waals surface area contributed by atoms with E-state index in [0.717, 1.165) is 5.69 Å². The highest BCUT2D eigenvalue weighted by molar-refractivity contribution is 7.09. The Hall–Kier alpha value is -3.71. The standard InChI is InChI=1S/C23H31N8O6P/c1-36-12-23(11-32,13-37-38)31-17(33)3-2-8-25-20(34)14-4-6-15(7-5-14)26-9-16-10-27-19-18(28-16)21(35)30-22(24)29-19/h4-7,10,26,32H,2-3,8-9,11-13,38H2,1H3,(H,25,34)(H,31,33)(H3,24,27,29,30,35). The van der Waals surface area contributed by atoms with E-state index in [0.29, 0.717) is 30.8 Å². The monoisotopic (exact) mass is 546 g/mol. The van der Waals surface area contributed by atoms with Gasteiger partial charge in [0, 0.05) is 40.8 Å². The number of anilines is 2. The first kappa shape index (κ1) is 28.9. The molecule has 2 amide bonds. The molecule has 0 saturated carbocycles. The number of ether oxygens (including phenoxy) is 1. The van der Waals surface area contributed by atoms with Crippen molar-refractivity contribution < 1.29 is 24.0 Å². The molecular formula is C23H31N8O6P. The van der Waals surface area contributed by atoms with Crippen LogP contribution in [0, 0.1) is 0 Å². The molecule has 38 heavy (non-hydrogen) atoms. The van der Waals surface area contributed by atoms with Gasteiger partial charge in [0.05, 0.1) is 38.3 Å². The van der Waals surface area contributed by atoms with Crippen molar-refractivity contribution in [2.75, 3.05) is 44.5 Å². The highest BCUT2D eigenvalue weighted by Gasteiger charge is 2.31. The fourth-order valence-corrected chi connectivity index (χ4v) is 3.90. The van der Waals surface area contributed by atoms with Crippen LogP contribution in [-0.4, -0.2) is 75.9 Å². The predicted molar refractivity (Wildman–Crippen MR) is 143 cm³/mol. The molecule has 2 heterocycles. The summed E-state index contributed by atoms with van der Waals surface area (Å²) in [5, 5.41) is 18.3. The van der Waals surface area contributed by atoms with Gasteiger partial charge in [0.15, 0.2) is 11.2 Å². The van der Waals surface area contributed by atoms with E-state index in [2.05, 4.69) is 45.4 Å². The molecule has 15 heteroatoms. The van der Waals surface area contributed by atoms with Gasteiger partial charge >= 0.3 is 0 Å². The smallest absolute Gasteiger partial charge is 0.280 e. The lowest BCUT2D eigenvalue weighted by atomic mass is 10.0. The maximum atomic E-state index is 12.4. The van der Waals surface area contributed by atoms with Crippen LogP contribution in [0.4, 0.5) is 11.6 Å². The number of hydrogen-bond donors (Lipinski definition) is 6. The highest BCUT2D eigenvalue weighted by atomic mass is 31.0. The predicted octanol–water partition coefficient (Wildman–Crippen LogP) is -0.282. The van der Waals surface area contributed by atoms with E-state index in [-0.39, 0.29) is 55.2 Å².